The third-order valence-corrected chi connectivity index (χ3v) is 5.99. The third-order valence-electron chi connectivity index (χ3n) is 5.11. The van der Waals surface area contributed by atoms with Crippen molar-refractivity contribution in [3.63, 3.8) is 0 Å². The number of hydrogen-bond acceptors (Lipinski definition) is 5. The van der Waals surface area contributed by atoms with Crippen molar-refractivity contribution in [1.82, 2.24) is 14.4 Å². The molecular formula is C22H20N4OS. The number of Topliss-reactive ketones (excluding diaryl/α,β-unsaturated/α-hetero) is 1. The summed E-state index contributed by atoms with van der Waals surface area (Å²) in [6.45, 7) is 0.727. The van der Waals surface area contributed by atoms with Gasteiger partial charge in [-0.05, 0) is 30.2 Å². The van der Waals surface area contributed by atoms with Crippen LogP contribution < -0.4 is 5.32 Å². The molecule has 5 rings (SSSR count). The molecule has 0 atom stereocenters. The van der Waals surface area contributed by atoms with Gasteiger partial charge in [0.05, 0.1) is 18.4 Å². The van der Waals surface area contributed by atoms with Gasteiger partial charge in [-0.1, -0.05) is 30.3 Å². The van der Waals surface area contributed by atoms with E-state index >= 15 is 0 Å². The average molecular weight is 388 g/mol. The van der Waals surface area contributed by atoms with Gasteiger partial charge in [0.25, 0.3) is 0 Å². The van der Waals surface area contributed by atoms with Crippen LogP contribution in [0.4, 0.5) is 5.82 Å². The van der Waals surface area contributed by atoms with Crippen LogP contribution >= 0.6 is 11.3 Å². The Kier molecular flexibility index (Phi) is 4.41. The minimum absolute atomic E-state index is 0.247. The molecule has 6 heteroatoms. The van der Waals surface area contributed by atoms with Crippen LogP contribution in [-0.2, 0) is 6.54 Å². The quantitative estimate of drug-likeness (QED) is 0.450. The summed E-state index contributed by atoms with van der Waals surface area (Å²) in [7, 11) is 0. The van der Waals surface area contributed by atoms with Crippen LogP contribution in [0.5, 0.6) is 0 Å². The van der Waals surface area contributed by atoms with Crippen molar-refractivity contribution in [2.45, 2.75) is 25.8 Å². The zero-order chi connectivity index (χ0) is 18.9. The highest BCUT2D eigenvalue weighted by atomic mass is 32.1. The summed E-state index contributed by atoms with van der Waals surface area (Å²) in [4.78, 5) is 22.6. The van der Waals surface area contributed by atoms with Gasteiger partial charge < -0.3 is 5.32 Å². The predicted molar refractivity (Wildman–Crippen MR) is 112 cm³/mol. The predicted octanol–water partition coefficient (Wildman–Crippen LogP) is 5.05. The maximum Gasteiger partial charge on any atom is 0.180 e. The minimum Gasteiger partial charge on any atom is -0.362 e. The average Bonchev–Trinajstić information content (AvgIpc) is 3.20. The Hall–Kier alpha value is -2.99. The number of rotatable bonds is 7. The largest absolute Gasteiger partial charge is 0.362 e. The van der Waals surface area contributed by atoms with E-state index in [1.807, 2.05) is 47.1 Å². The second kappa shape index (κ2) is 7.20. The minimum atomic E-state index is 0.247. The molecule has 0 unspecified atom stereocenters. The maximum atomic E-state index is 12.3. The Morgan fingerprint density at radius 2 is 2.04 bits per heavy atom. The molecule has 5 nitrogen and oxygen atoms in total. The molecule has 4 aromatic rings. The lowest BCUT2D eigenvalue weighted by atomic mass is 10.0. The molecule has 3 heterocycles. The Morgan fingerprint density at radius 1 is 1.18 bits per heavy atom. The molecule has 3 aromatic heterocycles. The fourth-order valence-corrected chi connectivity index (χ4v) is 4.01. The van der Waals surface area contributed by atoms with Crippen LogP contribution in [0.2, 0.25) is 0 Å². The molecule has 140 valence electrons. The second-order valence-electron chi connectivity index (χ2n) is 7.19. The van der Waals surface area contributed by atoms with E-state index in [9.17, 15) is 4.79 Å². The Morgan fingerprint density at radius 3 is 2.79 bits per heavy atom. The fourth-order valence-electron chi connectivity index (χ4n) is 3.37. The molecule has 1 saturated carbocycles. The van der Waals surface area contributed by atoms with E-state index in [0.717, 1.165) is 34.8 Å². The highest BCUT2D eigenvalue weighted by Gasteiger charge is 2.24. The summed E-state index contributed by atoms with van der Waals surface area (Å²) in [5.74, 6) is 1.62. The van der Waals surface area contributed by atoms with E-state index in [1.165, 1.54) is 17.7 Å². The van der Waals surface area contributed by atoms with Crippen molar-refractivity contribution in [1.29, 1.82) is 0 Å². The lowest BCUT2D eigenvalue weighted by Crippen LogP contribution is -2.03. The van der Waals surface area contributed by atoms with Gasteiger partial charge in [-0.2, -0.15) is 0 Å². The van der Waals surface area contributed by atoms with Gasteiger partial charge >= 0.3 is 0 Å². The number of fused-ring (bicyclic) bond motifs is 1. The summed E-state index contributed by atoms with van der Waals surface area (Å²) in [5.41, 5.74) is 3.61. The Balaban J connectivity index is 1.40. The number of benzene rings is 1. The van der Waals surface area contributed by atoms with Gasteiger partial charge in [0.2, 0.25) is 0 Å². The van der Waals surface area contributed by atoms with Crippen molar-refractivity contribution in [3.8, 4) is 11.3 Å². The van der Waals surface area contributed by atoms with Crippen LogP contribution in [0, 0.1) is 5.92 Å². The summed E-state index contributed by atoms with van der Waals surface area (Å²) in [6, 6.07) is 12.0. The zero-order valence-corrected chi connectivity index (χ0v) is 16.2. The summed E-state index contributed by atoms with van der Waals surface area (Å²) in [6.07, 6.45) is 8.63. The molecule has 0 spiro atoms. The first-order valence-electron chi connectivity index (χ1n) is 9.50. The van der Waals surface area contributed by atoms with Crippen molar-refractivity contribution < 1.29 is 4.79 Å². The number of nitrogens with one attached hydrogen (secondary N) is 1. The molecule has 0 bridgehead atoms. The van der Waals surface area contributed by atoms with Crippen LogP contribution in [0.15, 0.2) is 60.4 Å². The molecule has 0 aliphatic heterocycles. The van der Waals surface area contributed by atoms with E-state index in [0.29, 0.717) is 12.3 Å². The SMILES string of the molecule is O=C(CC1CC1)c1ccc(-c2cnc3c(NCc4cccs4)nccn23)cc1. The first-order chi connectivity index (χ1) is 13.8. The number of aromatic nitrogens is 3. The molecule has 28 heavy (non-hydrogen) atoms. The van der Waals surface area contributed by atoms with E-state index in [1.54, 1.807) is 17.5 Å². The standard InChI is InChI=1S/C22H20N4OS/c27-20(12-15-3-4-15)17-7-5-16(6-8-17)19-14-25-22-21(23-9-10-26(19)22)24-13-18-2-1-11-28-18/h1-2,5-11,14-15H,3-4,12-13H2,(H,23,24). The number of thiophene rings is 1. The smallest absolute Gasteiger partial charge is 0.180 e. The zero-order valence-electron chi connectivity index (χ0n) is 15.3. The number of nitrogens with zero attached hydrogens (tertiary/aromatic N) is 3. The van der Waals surface area contributed by atoms with E-state index in [4.69, 9.17) is 0 Å². The topological polar surface area (TPSA) is 59.3 Å². The second-order valence-corrected chi connectivity index (χ2v) is 8.23. The Labute approximate surface area is 167 Å². The van der Waals surface area contributed by atoms with Crippen molar-refractivity contribution in [2.75, 3.05) is 5.32 Å². The lowest BCUT2D eigenvalue weighted by Gasteiger charge is -2.07. The number of anilines is 1. The number of hydrogen-bond donors (Lipinski definition) is 1. The Bertz CT molecular complexity index is 1110. The summed E-state index contributed by atoms with van der Waals surface area (Å²) in [5, 5.41) is 5.44. The van der Waals surface area contributed by atoms with E-state index in [2.05, 4.69) is 26.7 Å². The first kappa shape index (κ1) is 17.1. The van der Waals surface area contributed by atoms with Crippen LogP contribution in [-0.4, -0.2) is 20.2 Å². The molecule has 1 aliphatic carbocycles. The van der Waals surface area contributed by atoms with Gasteiger partial charge in [-0.15, -0.1) is 11.3 Å². The number of imidazole rings is 1. The van der Waals surface area contributed by atoms with Gasteiger partial charge in [-0.3, -0.25) is 9.20 Å². The lowest BCUT2D eigenvalue weighted by molar-refractivity contribution is 0.0976. The summed E-state index contributed by atoms with van der Waals surface area (Å²) < 4.78 is 2.03. The van der Waals surface area contributed by atoms with Gasteiger partial charge in [0.15, 0.2) is 17.2 Å². The molecule has 1 fully saturated rings. The molecule has 1 aliphatic rings. The molecule has 1 aromatic carbocycles. The highest BCUT2D eigenvalue weighted by Crippen LogP contribution is 2.33. The number of ketones is 1. The monoisotopic (exact) mass is 388 g/mol. The van der Waals surface area contributed by atoms with Gasteiger partial charge in [0, 0.05) is 34.8 Å². The van der Waals surface area contributed by atoms with Crippen LogP contribution in [0.1, 0.15) is 34.5 Å². The van der Waals surface area contributed by atoms with E-state index < -0.39 is 0 Å². The van der Waals surface area contributed by atoms with Crippen molar-refractivity contribution in [2.24, 2.45) is 5.92 Å². The van der Waals surface area contributed by atoms with Crippen LogP contribution in [0.3, 0.4) is 0 Å². The normalized spacial score (nSPS) is 13.7. The van der Waals surface area contributed by atoms with Crippen LogP contribution in [0.25, 0.3) is 16.9 Å². The number of carbonyl (C=O) groups excluding carboxylic acids is 1. The highest BCUT2D eigenvalue weighted by molar-refractivity contribution is 7.09. The molecule has 1 N–H and O–H groups in total. The molecule has 0 amide bonds. The van der Waals surface area contributed by atoms with Gasteiger partial charge in [-0.25, -0.2) is 9.97 Å². The molecule has 0 saturated heterocycles. The summed E-state index contributed by atoms with van der Waals surface area (Å²) >= 11 is 1.72. The maximum absolute atomic E-state index is 12.3. The van der Waals surface area contributed by atoms with Gasteiger partial charge in [0.1, 0.15) is 0 Å². The van der Waals surface area contributed by atoms with E-state index in [-0.39, 0.29) is 5.78 Å². The molecule has 0 radical (unpaired) electrons. The fraction of sp³-hybridized carbons (Fsp3) is 0.227. The van der Waals surface area contributed by atoms with Crippen molar-refractivity contribution in [3.05, 3.63) is 70.8 Å². The number of carbonyl (C=O) groups is 1. The van der Waals surface area contributed by atoms with Crippen molar-refractivity contribution >= 4 is 28.6 Å². The third kappa shape index (κ3) is 3.43. The first-order valence-corrected chi connectivity index (χ1v) is 10.4. The molecular weight excluding hydrogens is 368 g/mol.